The van der Waals surface area contributed by atoms with Crippen LogP contribution < -0.4 is 5.46 Å². The molecule has 1 rings (SSSR count). The average molecular weight is 206 g/mol. The summed E-state index contributed by atoms with van der Waals surface area (Å²) in [5.74, 6) is 0. The quantitative estimate of drug-likeness (QED) is 0.554. The molecule has 0 aliphatic rings. The number of carbonyl (C=O) groups is 1. The molecule has 80 valence electrons. The van der Waals surface area contributed by atoms with Crippen molar-refractivity contribution in [2.24, 2.45) is 0 Å². The summed E-state index contributed by atoms with van der Waals surface area (Å²) in [6.45, 7) is 3.79. The molecule has 0 bridgehead atoms. The molecule has 1 aromatic carbocycles. The minimum absolute atomic E-state index is 0.0896. The van der Waals surface area contributed by atoms with E-state index >= 15 is 0 Å². The Kier molecular flexibility index (Phi) is 4.74. The molecular formula is C11H15BO3. The highest BCUT2D eigenvalue weighted by atomic mass is 16.7. The molecule has 1 aromatic rings. The maximum absolute atomic E-state index is 11.1. The minimum atomic E-state index is -0.604. The van der Waals surface area contributed by atoms with Gasteiger partial charge in [-0.25, -0.2) is 4.79 Å². The van der Waals surface area contributed by atoms with E-state index in [9.17, 15) is 4.79 Å². The van der Waals surface area contributed by atoms with Crippen LogP contribution in [0, 0.1) is 0 Å². The molecule has 0 amide bonds. The molecule has 0 N–H and O–H groups in total. The van der Waals surface area contributed by atoms with Crippen LogP contribution in [0.25, 0.3) is 0 Å². The lowest BCUT2D eigenvalue weighted by Gasteiger charge is -2.10. The molecule has 15 heavy (non-hydrogen) atoms. The third-order valence-corrected chi connectivity index (χ3v) is 2.07. The topological polar surface area (TPSA) is 35.5 Å². The summed E-state index contributed by atoms with van der Waals surface area (Å²) in [6, 6.07) is 9.52. The van der Waals surface area contributed by atoms with E-state index in [0.717, 1.165) is 11.9 Å². The SMILES string of the molecule is CCC(C)OC(=O)OBc1ccccc1. The van der Waals surface area contributed by atoms with Gasteiger partial charge in [0.25, 0.3) is 0 Å². The predicted octanol–water partition coefficient (Wildman–Crippen LogP) is 1.62. The van der Waals surface area contributed by atoms with Crippen LogP contribution in [0.4, 0.5) is 4.79 Å². The highest BCUT2D eigenvalue weighted by Gasteiger charge is 2.09. The van der Waals surface area contributed by atoms with Gasteiger partial charge in [0.05, 0.1) is 0 Å². The van der Waals surface area contributed by atoms with Crippen molar-refractivity contribution in [2.75, 3.05) is 0 Å². The number of hydrogen-bond acceptors (Lipinski definition) is 3. The highest BCUT2D eigenvalue weighted by molar-refractivity contribution is 6.48. The second-order valence-electron chi connectivity index (χ2n) is 3.36. The largest absolute Gasteiger partial charge is 0.504 e. The summed E-state index contributed by atoms with van der Waals surface area (Å²) in [5.41, 5.74) is 0.957. The Hall–Kier alpha value is -1.45. The fourth-order valence-corrected chi connectivity index (χ4v) is 0.998. The zero-order valence-electron chi connectivity index (χ0n) is 9.10. The minimum Gasteiger partial charge on any atom is -0.504 e. The van der Waals surface area contributed by atoms with Crippen molar-refractivity contribution < 1.29 is 14.2 Å². The van der Waals surface area contributed by atoms with Crippen LogP contribution in [0.3, 0.4) is 0 Å². The van der Waals surface area contributed by atoms with Crippen molar-refractivity contribution in [3.63, 3.8) is 0 Å². The summed E-state index contributed by atoms with van der Waals surface area (Å²) in [7, 11) is 0.260. The summed E-state index contributed by atoms with van der Waals surface area (Å²) >= 11 is 0. The van der Waals surface area contributed by atoms with Crippen molar-refractivity contribution >= 4 is 19.1 Å². The van der Waals surface area contributed by atoms with Crippen molar-refractivity contribution in [1.82, 2.24) is 0 Å². The van der Waals surface area contributed by atoms with Crippen molar-refractivity contribution in [3.05, 3.63) is 30.3 Å². The smallest absolute Gasteiger partial charge is 0.490 e. The number of carbonyl (C=O) groups excluding carboxylic acids is 1. The van der Waals surface area contributed by atoms with Crippen molar-refractivity contribution in [3.8, 4) is 0 Å². The normalized spacial score (nSPS) is 11.6. The average Bonchev–Trinajstić information content (AvgIpc) is 2.27. The first kappa shape index (κ1) is 11.6. The van der Waals surface area contributed by atoms with Gasteiger partial charge in [0.15, 0.2) is 0 Å². The Labute approximate surface area is 90.7 Å². The number of hydrogen-bond donors (Lipinski definition) is 0. The van der Waals surface area contributed by atoms with Crippen LogP contribution in [0.5, 0.6) is 0 Å². The molecule has 1 unspecified atom stereocenters. The molecule has 0 saturated carbocycles. The maximum Gasteiger partial charge on any atom is 0.490 e. The molecule has 0 aliphatic heterocycles. The van der Waals surface area contributed by atoms with E-state index in [0.29, 0.717) is 0 Å². The van der Waals surface area contributed by atoms with Crippen LogP contribution >= 0.6 is 0 Å². The lowest BCUT2D eigenvalue weighted by atomic mass is 9.88. The third-order valence-electron chi connectivity index (χ3n) is 2.07. The lowest BCUT2D eigenvalue weighted by Crippen LogP contribution is -2.23. The highest BCUT2D eigenvalue weighted by Crippen LogP contribution is 1.97. The molecule has 4 heteroatoms. The van der Waals surface area contributed by atoms with Gasteiger partial charge in [0.1, 0.15) is 6.10 Å². The molecule has 0 spiro atoms. The predicted molar refractivity (Wildman–Crippen MR) is 60.5 cm³/mol. The second kappa shape index (κ2) is 6.12. The standard InChI is InChI=1S/C11H15BO3/c1-3-9(2)14-11(13)15-12-10-7-5-4-6-8-10/h4-9,12H,3H2,1-2H3. The van der Waals surface area contributed by atoms with Crippen molar-refractivity contribution in [2.45, 2.75) is 26.4 Å². The van der Waals surface area contributed by atoms with Gasteiger partial charge in [0.2, 0.25) is 0 Å². The molecule has 3 nitrogen and oxygen atoms in total. The van der Waals surface area contributed by atoms with E-state index in [1.54, 1.807) is 0 Å². The third kappa shape index (κ3) is 4.54. The summed E-state index contributed by atoms with van der Waals surface area (Å²) in [6.07, 6.45) is 0.0990. The monoisotopic (exact) mass is 206 g/mol. The van der Waals surface area contributed by atoms with Crippen LogP contribution in [-0.4, -0.2) is 19.7 Å². The second-order valence-corrected chi connectivity index (χ2v) is 3.36. The number of rotatable bonds is 4. The molecule has 0 aliphatic carbocycles. The number of benzene rings is 1. The zero-order valence-corrected chi connectivity index (χ0v) is 9.10. The van der Waals surface area contributed by atoms with Gasteiger partial charge >= 0.3 is 13.6 Å². The molecule has 0 saturated heterocycles. The van der Waals surface area contributed by atoms with Gasteiger partial charge in [-0.2, -0.15) is 0 Å². The van der Waals surface area contributed by atoms with E-state index in [1.165, 1.54) is 0 Å². The summed E-state index contributed by atoms with van der Waals surface area (Å²) < 4.78 is 9.90. The molecule has 1 atom stereocenters. The Bertz CT molecular complexity index is 300. The van der Waals surface area contributed by atoms with Gasteiger partial charge in [-0.15, -0.1) is 0 Å². The van der Waals surface area contributed by atoms with E-state index in [4.69, 9.17) is 9.39 Å². The van der Waals surface area contributed by atoms with Gasteiger partial charge in [-0.05, 0) is 18.8 Å². The Morgan fingerprint density at radius 1 is 1.40 bits per heavy atom. The van der Waals surface area contributed by atoms with Gasteiger partial charge in [0, 0.05) is 0 Å². The first-order valence-corrected chi connectivity index (χ1v) is 5.09. The first-order chi connectivity index (χ1) is 7.22. The molecule has 0 fully saturated rings. The zero-order chi connectivity index (χ0) is 11.1. The number of ether oxygens (including phenoxy) is 1. The van der Waals surface area contributed by atoms with Gasteiger partial charge in [-0.3, -0.25) is 0 Å². The van der Waals surface area contributed by atoms with Crippen molar-refractivity contribution in [1.29, 1.82) is 0 Å². The summed E-state index contributed by atoms with van der Waals surface area (Å²) in [4.78, 5) is 11.1. The van der Waals surface area contributed by atoms with Crippen LogP contribution in [0.2, 0.25) is 0 Å². The lowest BCUT2D eigenvalue weighted by molar-refractivity contribution is 0.0660. The maximum atomic E-state index is 11.1. The summed E-state index contributed by atoms with van der Waals surface area (Å²) in [5, 5.41) is 0. The molecule has 0 aromatic heterocycles. The molecule has 0 heterocycles. The Morgan fingerprint density at radius 3 is 2.67 bits per heavy atom. The van der Waals surface area contributed by atoms with E-state index in [1.807, 2.05) is 44.2 Å². The van der Waals surface area contributed by atoms with E-state index < -0.39 is 6.16 Å². The van der Waals surface area contributed by atoms with Crippen LogP contribution in [0.15, 0.2) is 30.3 Å². The fourth-order valence-electron chi connectivity index (χ4n) is 0.998. The van der Waals surface area contributed by atoms with Gasteiger partial charge in [-0.1, -0.05) is 37.3 Å². The fraction of sp³-hybridized carbons (Fsp3) is 0.364. The Morgan fingerprint density at radius 2 is 2.07 bits per heavy atom. The van der Waals surface area contributed by atoms with E-state index in [2.05, 4.69) is 0 Å². The Balaban J connectivity index is 2.29. The van der Waals surface area contributed by atoms with E-state index in [-0.39, 0.29) is 13.6 Å². The molecule has 0 radical (unpaired) electrons. The first-order valence-electron chi connectivity index (χ1n) is 5.09. The van der Waals surface area contributed by atoms with Crippen LogP contribution in [0.1, 0.15) is 20.3 Å². The molecular weight excluding hydrogens is 191 g/mol. The van der Waals surface area contributed by atoms with Gasteiger partial charge < -0.3 is 9.39 Å². The van der Waals surface area contributed by atoms with Crippen LogP contribution in [-0.2, 0) is 9.39 Å².